The Morgan fingerprint density at radius 3 is 1.37 bits per heavy atom. The molecule has 4 heterocycles. The number of amides is 2. The van der Waals surface area contributed by atoms with Gasteiger partial charge >= 0.3 is 12.4 Å². The number of alkyl halides is 6. The SMILES string of the molecule is CN1CCC(c2ccc(Cc3ncc(C(F)(F)F)c(CCc4ccccc4CC(N)=O)n3)cc2F)CC1.NC(=O)Cc1ccccc1CCc1nc(Cc2ccc(C3CCNCC3)c(F)c2)ncc1C(F)(F)F. The van der Waals surface area contributed by atoms with Gasteiger partial charge in [0.05, 0.1) is 35.4 Å². The number of nitrogens with two attached hydrogens (primary N) is 2. The van der Waals surface area contributed by atoms with Crippen LogP contribution in [-0.2, 0) is 73.3 Å². The number of carbonyl (C=O) groups is 2. The van der Waals surface area contributed by atoms with E-state index in [1.165, 1.54) is 12.1 Å². The maximum absolute atomic E-state index is 14.9. The van der Waals surface area contributed by atoms with E-state index < -0.39 is 35.3 Å². The van der Waals surface area contributed by atoms with Crippen LogP contribution in [0.25, 0.3) is 0 Å². The molecule has 5 N–H and O–H groups in total. The Morgan fingerprint density at radius 2 is 0.986 bits per heavy atom. The first-order chi connectivity index (χ1) is 34.8. The number of nitrogens with one attached hydrogen (secondary N) is 1. The highest BCUT2D eigenvalue weighted by Gasteiger charge is 2.36. The Kier molecular flexibility index (Phi) is 18.1. The number of piperidine rings is 2. The van der Waals surface area contributed by atoms with Crippen molar-refractivity contribution in [2.24, 2.45) is 11.5 Å². The Balaban J connectivity index is 0.000000214. The Labute approximate surface area is 419 Å². The van der Waals surface area contributed by atoms with Gasteiger partial charge in [-0.3, -0.25) is 9.59 Å². The van der Waals surface area contributed by atoms with E-state index >= 15 is 0 Å². The zero-order valence-corrected chi connectivity index (χ0v) is 40.4. The normalized spacial score (nSPS) is 14.9. The molecule has 0 unspecified atom stereocenters. The van der Waals surface area contributed by atoms with Gasteiger partial charge < -0.3 is 21.7 Å². The molecule has 4 aromatic carbocycles. The highest BCUT2D eigenvalue weighted by atomic mass is 19.4. The summed E-state index contributed by atoms with van der Waals surface area (Å²) in [5.41, 5.74) is 13.9. The summed E-state index contributed by atoms with van der Waals surface area (Å²) in [4.78, 5) is 41.3. The molecule has 73 heavy (non-hydrogen) atoms. The van der Waals surface area contributed by atoms with E-state index in [4.69, 9.17) is 11.5 Å². The number of nitrogens with zero attached hydrogens (tertiary/aromatic N) is 5. The minimum absolute atomic E-state index is 0.00313. The van der Waals surface area contributed by atoms with Crippen LogP contribution in [0.15, 0.2) is 97.3 Å². The first-order valence-corrected chi connectivity index (χ1v) is 24.3. The maximum Gasteiger partial charge on any atom is 0.419 e. The third-order valence-corrected chi connectivity index (χ3v) is 13.5. The minimum Gasteiger partial charge on any atom is -0.369 e. The molecule has 2 aliphatic rings. The van der Waals surface area contributed by atoms with E-state index in [-0.39, 0.29) is 97.9 Å². The van der Waals surface area contributed by atoms with Crippen molar-refractivity contribution in [3.8, 4) is 0 Å². The van der Waals surface area contributed by atoms with Crippen LogP contribution in [0.2, 0.25) is 0 Å². The molecule has 10 nitrogen and oxygen atoms in total. The van der Waals surface area contributed by atoms with Crippen molar-refractivity contribution in [1.29, 1.82) is 0 Å². The molecule has 0 spiro atoms. The highest BCUT2D eigenvalue weighted by Crippen LogP contribution is 2.35. The number of hydrogen-bond acceptors (Lipinski definition) is 8. The summed E-state index contributed by atoms with van der Waals surface area (Å²) in [6.45, 7) is 3.53. The average Bonchev–Trinajstić information content (AvgIpc) is 3.33. The predicted molar refractivity (Wildman–Crippen MR) is 260 cm³/mol. The fourth-order valence-electron chi connectivity index (χ4n) is 9.61. The molecular weight excluding hydrogens is 957 g/mol. The lowest BCUT2D eigenvalue weighted by Gasteiger charge is -2.29. The lowest BCUT2D eigenvalue weighted by atomic mass is 9.88. The summed E-state index contributed by atoms with van der Waals surface area (Å²) in [6.07, 6.45) is -3.34. The lowest BCUT2D eigenvalue weighted by molar-refractivity contribution is -0.139. The van der Waals surface area contributed by atoms with Crippen LogP contribution in [0.4, 0.5) is 35.1 Å². The summed E-state index contributed by atoms with van der Waals surface area (Å²) >= 11 is 0. The van der Waals surface area contributed by atoms with Crippen molar-refractivity contribution < 1.29 is 44.7 Å². The quantitative estimate of drug-likeness (QED) is 0.0812. The molecule has 18 heteroatoms. The van der Waals surface area contributed by atoms with Crippen molar-refractivity contribution in [3.63, 3.8) is 0 Å². The second-order valence-electron chi connectivity index (χ2n) is 18.8. The van der Waals surface area contributed by atoms with Gasteiger partial charge in [-0.15, -0.1) is 0 Å². The van der Waals surface area contributed by atoms with Crippen molar-refractivity contribution >= 4 is 11.8 Å². The van der Waals surface area contributed by atoms with Gasteiger partial charge in [-0.25, -0.2) is 28.7 Å². The lowest BCUT2D eigenvalue weighted by Crippen LogP contribution is -2.29. The van der Waals surface area contributed by atoms with E-state index in [9.17, 15) is 44.7 Å². The minimum atomic E-state index is -4.61. The third-order valence-electron chi connectivity index (χ3n) is 13.5. The van der Waals surface area contributed by atoms with E-state index in [2.05, 4.69) is 30.2 Å². The molecular formula is C55H58F8N8O2. The van der Waals surface area contributed by atoms with Crippen LogP contribution in [-0.4, -0.2) is 69.9 Å². The molecule has 386 valence electrons. The first-order valence-electron chi connectivity index (χ1n) is 24.3. The fraction of sp³-hybridized carbons (Fsp3) is 0.382. The van der Waals surface area contributed by atoms with E-state index in [0.29, 0.717) is 33.4 Å². The zero-order valence-electron chi connectivity index (χ0n) is 40.4. The molecule has 8 rings (SSSR count). The molecule has 2 aliphatic heterocycles. The Morgan fingerprint density at radius 1 is 0.589 bits per heavy atom. The van der Waals surface area contributed by atoms with Crippen LogP contribution >= 0.6 is 0 Å². The molecule has 0 radical (unpaired) electrons. The van der Waals surface area contributed by atoms with E-state index in [1.54, 1.807) is 72.8 Å². The van der Waals surface area contributed by atoms with Gasteiger partial charge in [0.2, 0.25) is 11.8 Å². The molecule has 0 bridgehead atoms. The van der Waals surface area contributed by atoms with Gasteiger partial charge in [-0.1, -0.05) is 72.8 Å². The first kappa shape index (κ1) is 54.1. The zero-order chi connectivity index (χ0) is 52.3. The van der Waals surface area contributed by atoms with Gasteiger partial charge in [-0.05, 0) is 153 Å². The van der Waals surface area contributed by atoms with Gasteiger partial charge in [0.1, 0.15) is 23.3 Å². The number of primary amides is 2. The summed E-state index contributed by atoms with van der Waals surface area (Å²) in [6, 6.07) is 24.0. The number of carbonyl (C=O) groups excluding carboxylic acids is 2. The number of aryl methyl sites for hydroxylation is 4. The predicted octanol–water partition coefficient (Wildman–Crippen LogP) is 9.35. The van der Waals surface area contributed by atoms with Gasteiger partial charge in [0.15, 0.2) is 0 Å². The van der Waals surface area contributed by atoms with Crippen LogP contribution in [0.1, 0.15) is 116 Å². The molecule has 2 fully saturated rings. The Hall–Kier alpha value is -6.66. The van der Waals surface area contributed by atoms with E-state index in [1.807, 2.05) is 7.05 Å². The Bertz CT molecular complexity index is 2860. The van der Waals surface area contributed by atoms with E-state index in [0.717, 1.165) is 75.4 Å². The molecule has 2 aromatic heterocycles. The van der Waals surface area contributed by atoms with Crippen LogP contribution < -0.4 is 16.8 Å². The highest BCUT2D eigenvalue weighted by molar-refractivity contribution is 5.77. The number of benzene rings is 4. The standard InChI is InChI=1S/C28H30F4N4O.C27H28F4N4O/c1-36-12-10-20(11-13-36)22-8-6-18(14-24(22)29)15-27-34-17-23(28(30,31)32)25(35-27)9-7-19-4-2-3-5-21(19)16-26(33)37;28-23-13-17(5-7-21(23)19-9-11-33-12-10-19)14-26-34-16-22(27(29,30)31)24(35-26)8-6-18-3-1-2-4-20(18)15-25(32)36/h2-6,8,14,17,20H,7,9-13,15-16H2,1H3,(H2,33,37);1-5,7,13,16,19,33H,6,8-12,14-15H2,(H2,32,36). The summed E-state index contributed by atoms with van der Waals surface area (Å²) in [7, 11) is 2.05. The van der Waals surface area contributed by atoms with Crippen LogP contribution in [0, 0.1) is 11.6 Å². The van der Waals surface area contributed by atoms with Gasteiger partial charge in [0.25, 0.3) is 0 Å². The number of rotatable bonds is 16. The topological polar surface area (TPSA) is 153 Å². The van der Waals surface area contributed by atoms with Crippen molar-refractivity contribution in [3.05, 3.63) is 188 Å². The van der Waals surface area contributed by atoms with Crippen molar-refractivity contribution in [1.82, 2.24) is 30.2 Å². The number of halogens is 8. The summed E-state index contributed by atoms with van der Waals surface area (Å²) < 4.78 is 112. The van der Waals surface area contributed by atoms with Gasteiger partial charge in [-0.2, -0.15) is 26.3 Å². The van der Waals surface area contributed by atoms with Crippen LogP contribution in [0.3, 0.4) is 0 Å². The van der Waals surface area contributed by atoms with Gasteiger partial charge in [0, 0.05) is 25.2 Å². The smallest absolute Gasteiger partial charge is 0.369 e. The number of likely N-dealkylation sites (tertiary alicyclic amines) is 1. The average molecular weight is 1020 g/mol. The van der Waals surface area contributed by atoms with Crippen molar-refractivity contribution in [2.75, 3.05) is 33.2 Å². The molecule has 2 amide bonds. The molecule has 2 saturated heterocycles. The summed E-state index contributed by atoms with van der Waals surface area (Å²) in [5, 5.41) is 3.26. The van der Waals surface area contributed by atoms with Crippen molar-refractivity contribution in [2.45, 2.75) is 101 Å². The fourth-order valence-corrected chi connectivity index (χ4v) is 9.61. The molecule has 0 aliphatic carbocycles. The third kappa shape index (κ3) is 15.2. The summed E-state index contributed by atoms with van der Waals surface area (Å²) in [5.74, 6) is -0.925. The molecule has 0 saturated carbocycles. The molecule has 6 aromatic rings. The molecule has 0 atom stereocenters. The largest absolute Gasteiger partial charge is 0.419 e. The van der Waals surface area contributed by atoms with Crippen LogP contribution in [0.5, 0.6) is 0 Å². The number of hydrogen-bond donors (Lipinski definition) is 3. The monoisotopic (exact) mass is 1010 g/mol. The second-order valence-corrected chi connectivity index (χ2v) is 18.8. The maximum atomic E-state index is 14.9. The second kappa shape index (κ2) is 24.4. The number of aromatic nitrogens is 4.